The van der Waals surface area contributed by atoms with Crippen molar-refractivity contribution in [3.63, 3.8) is 0 Å². The summed E-state index contributed by atoms with van der Waals surface area (Å²) in [5.74, 6) is 1.82. The number of aryl methyl sites for hydroxylation is 1. The molecule has 7 heteroatoms. The first kappa shape index (κ1) is 18.3. The molecule has 1 aromatic carbocycles. The van der Waals surface area contributed by atoms with E-state index in [-0.39, 0.29) is 11.9 Å². The van der Waals surface area contributed by atoms with Crippen LogP contribution < -0.4 is 5.32 Å². The highest BCUT2D eigenvalue weighted by molar-refractivity contribution is 7.99. The highest BCUT2D eigenvalue weighted by Gasteiger charge is 2.18. The molecule has 0 fully saturated rings. The van der Waals surface area contributed by atoms with Crippen molar-refractivity contribution in [3.05, 3.63) is 54.0 Å². The number of hydrogen-bond acceptors (Lipinski definition) is 5. The van der Waals surface area contributed by atoms with Crippen LogP contribution in [0.25, 0.3) is 11.4 Å². The second kappa shape index (κ2) is 8.23. The number of rotatable bonds is 7. The minimum absolute atomic E-state index is 0.0136. The minimum atomic E-state index is -0.0136. The van der Waals surface area contributed by atoms with E-state index in [2.05, 4.69) is 27.6 Å². The fourth-order valence-corrected chi connectivity index (χ4v) is 3.36. The summed E-state index contributed by atoms with van der Waals surface area (Å²) in [7, 11) is 0. The van der Waals surface area contributed by atoms with Gasteiger partial charge in [0.05, 0.1) is 24.1 Å². The second-order valence-corrected chi connectivity index (χ2v) is 7.22. The Kier molecular flexibility index (Phi) is 5.78. The molecule has 1 amide bonds. The summed E-state index contributed by atoms with van der Waals surface area (Å²) >= 11 is 1.39. The summed E-state index contributed by atoms with van der Waals surface area (Å²) in [6.45, 7) is 6.42. The maximum absolute atomic E-state index is 12.0. The SMILES string of the molecule is Cc1occc1-c1nnc(SCC(=O)NC(C)C)n1Cc1ccccc1. The van der Waals surface area contributed by atoms with Crippen molar-refractivity contribution in [1.82, 2.24) is 20.1 Å². The quantitative estimate of drug-likeness (QED) is 0.644. The van der Waals surface area contributed by atoms with Crippen molar-refractivity contribution in [1.29, 1.82) is 0 Å². The third-order valence-corrected chi connectivity index (χ3v) is 4.75. The number of nitrogens with zero attached hydrogens (tertiary/aromatic N) is 3. The van der Waals surface area contributed by atoms with Crippen LogP contribution in [0.1, 0.15) is 25.2 Å². The van der Waals surface area contributed by atoms with Crippen molar-refractivity contribution in [2.45, 2.75) is 38.5 Å². The van der Waals surface area contributed by atoms with Crippen molar-refractivity contribution < 1.29 is 9.21 Å². The smallest absolute Gasteiger partial charge is 0.230 e. The molecule has 0 aliphatic heterocycles. The standard InChI is InChI=1S/C19H22N4O2S/c1-13(2)20-17(24)12-26-19-22-21-18(16-9-10-25-14(16)3)23(19)11-15-7-5-4-6-8-15/h4-10,13H,11-12H2,1-3H3,(H,20,24). The lowest BCUT2D eigenvalue weighted by Crippen LogP contribution is -2.31. The number of benzene rings is 1. The summed E-state index contributed by atoms with van der Waals surface area (Å²) in [5.41, 5.74) is 2.05. The zero-order valence-electron chi connectivity index (χ0n) is 15.1. The van der Waals surface area contributed by atoms with Gasteiger partial charge in [-0.1, -0.05) is 42.1 Å². The van der Waals surface area contributed by atoms with Gasteiger partial charge >= 0.3 is 0 Å². The van der Waals surface area contributed by atoms with Crippen LogP contribution >= 0.6 is 11.8 Å². The molecule has 0 spiro atoms. The molecule has 26 heavy (non-hydrogen) atoms. The molecule has 0 atom stereocenters. The molecule has 0 aliphatic carbocycles. The van der Waals surface area contributed by atoms with E-state index in [0.29, 0.717) is 17.5 Å². The van der Waals surface area contributed by atoms with Crippen LogP contribution in [0.15, 0.2) is 52.2 Å². The highest BCUT2D eigenvalue weighted by Crippen LogP contribution is 2.27. The molecular formula is C19H22N4O2S. The van der Waals surface area contributed by atoms with Crippen molar-refractivity contribution in [2.24, 2.45) is 0 Å². The normalized spacial score (nSPS) is 11.1. The lowest BCUT2D eigenvalue weighted by Gasteiger charge is -2.11. The Morgan fingerprint density at radius 3 is 2.65 bits per heavy atom. The second-order valence-electron chi connectivity index (χ2n) is 6.28. The Bertz CT molecular complexity index is 871. The Labute approximate surface area is 157 Å². The lowest BCUT2D eigenvalue weighted by molar-refractivity contribution is -0.119. The minimum Gasteiger partial charge on any atom is -0.469 e. The number of hydrogen-bond donors (Lipinski definition) is 1. The van der Waals surface area contributed by atoms with E-state index >= 15 is 0 Å². The van der Waals surface area contributed by atoms with Gasteiger partial charge in [-0.05, 0) is 32.4 Å². The zero-order valence-corrected chi connectivity index (χ0v) is 15.9. The monoisotopic (exact) mass is 370 g/mol. The third kappa shape index (κ3) is 4.35. The average molecular weight is 370 g/mol. The molecular weight excluding hydrogens is 348 g/mol. The van der Waals surface area contributed by atoms with Gasteiger partial charge in [0.2, 0.25) is 5.91 Å². The molecule has 0 aliphatic rings. The largest absolute Gasteiger partial charge is 0.469 e. The first-order valence-electron chi connectivity index (χ1n) is 8.48. The van der Waals surface area contributed by atoms with Gasteiger partial charge in [-0.3, -0.25) is 9.36 Å². The van der Waals surface area contributed by atoms with Crippen LogP contribution in [-0.4, -0.2) is 32.5 Å². The maximum Gasteiger partial charge on any atom is 0.230 e. The van der Waals surface area contributed by atoms with Crippen LogP contribution in [0.4, 0.5) is 0 Å². The van der Waals surface area contributed by atoms with Gasteiger partial charge in [-0.15, -0.1) is 10.2 Å². The number of furan rings is 1. The molecule has 0 unspecified atom stereocenters. The molecule has 3 rings (SSSR count). The molecule has 0 saturated heterocycles. The number of carbonyl (C=O) groups is 1. The van der Waals surface area contributed by atoms with Crippen LogP contribution in [-0.2, 0) is 11.3 Å². The Morgan fingerprint density at radius 1 is 1.23 bits per heavy atom. The summed E-state index contributed by atoms with van der Waals surface area (Å²) in [4.78, 5) is 12.0. The lowest BCUT2D eigenvalue weighted by atomic mass is 10.2. The number of aromatic nitrogens is 3. The van der Waals surface area contributed by atoms with E-state index < -0.39 is 0 Å². The van der Waals surface area contributed by atoms with E-state index in [4.69, 9.17) is 4.42 Å². The number of carbonyl (C=O) groups excluding carboxylic acids is 1. The van der Waals surface area contributed by atoms with Gasteiger partial charge in [-0.25, -0.2) is 0 Å². The van der Waals surface area contributed by atoms with E-state index in [1.807, 2.05) is 49.6 Å². The molecule has 3 aromatic rings. The molecule has 136 valence electrons. The van der Waals surface area contributed by atoms with E-state index in [1.165, 1.54) is 11.8 Å². The van der Waals surface area contributed by atoms with Gasteiger partial charge < -0.3 is 9.73 Å². The molecule has 2 heterocycles. The maximum atomic E-state index is 12.0. The zero-order chi connectivity index (χ0) is 18.5. The number of thioether (sulfide) groups is 1. The molecule has 2 aromatic heterocycles. The molecule has 0 saturated carbocycles. The van der Waals surface area contributed by atoms with E-state index in [9.17, 15) is 4.79 Å². The fourth-order valence-electron chi connectivity index (χ4n) is 2.61. The van der Waals surface area contributed by atoms with E-state index in [0.717, 1.165) is 22.7 Å². The Hall–Kier alpha value is -2.54. The van der Waals surface area contributed by atoms with Crippen molar-refractivity contribution >= 4 is 17.7 Å². The van der Waals surface area contributed by atoms with Crippen LogP contribution in [0, 0.1) is 6.92 Å². The number of nitrogens with one attached hydrogen (secondary N) is 1. The first-order chi connectivity index (χ1) is 12.5. The summed E-state index contributed by atoms with van der Waals surface area (Å²) in [5, 5.41) is 12.3. The van der Waals surface area contributed by atoms with Crippen molar-refractivity contribution in [2.75, 3.05) is 5.75 Å². The summed E-state index contributed by atoms with van der Waals surface area (Å²) in [6, 6.07) is 12.1. The predicted molar refractivity (Wildman–Crippen MR) is 102 cm³/mol. The third-order valence-electron chi connectivity index (χ3n) is 3.78. The van der Waals surface area contributed by atoms with Gasteiger partial charge in [0, 0.05) is 6.04 Å². The number of amides is 1. The van der Waals surface area contributed by atoms with E-state index in [1.54, 1.807) is 6.26 Å². The highest BCUT2D eigenvalue weighted by atomic mass is 32.2. The van der Waals surface area contributed by atoms with Gasteiger partial charge in [0.15, 0.2) is 11.0 Å². The van der Waals surface area contributed by atoms with Gasteiger partial charge in [0.25, 0.3) is 0 Å². The Balaban J connectivity index is 1.88. The molecule has 0 radical (unpaired) electrons. The fraction of sp³-hybridized carbons (Fsp3) is 0.316. The van der Waals surface area contributed by atoms with Crippen LogP contribution in [0.5, 0.6) is 0 Å². The Morgan fingerprint density at radius 2 is 2.00 bits per heavy atom. The summed E-state index contributed by atoms with van der Waals surface area (Å²) < 4.78 is 7.45. The topological polar surface area (TPSA) is 72.9 Å². The van der Waals surface area contributed by atoms with Crippen LogP contribution in [0.2, 0.25) is 0 Å². The van der Waals surface area contributed by atoms with Crippen molar-refractivity contribution in [3.8, 4) is 11.4 Å². The summed E-state index contributed by atoms with van der Waals surface area (Å²) in [6.07, 6.45) is 1.65. The molecule has 0 bridgehead atoms. The van der Waals surface area contributed by atoms with Gasteiger partial charge in [-0.2, -0.15) is 0 Å². The first-order valence-corrected chi connectivity index (χ1v) is 9.47. The van der Waals surface area contributed by atoms with Crippen LogP contribution in [0.3, 0.4) is 0 Å². The average Bonchev–Trinajstić information content (AvgIpc) is 3.19. The van der Waals surface area contributed by atoms with Gasteiger partial charge in [0.1, 0.15) is 5.76 Å². The molecule has 1 N–H and O–H groups in total. The molecule has 6 nitrogen and oxygen atoms in total. The predicted octanol–water partition coefficient (Wildman–Crippen LogP) is 3.51.